The lowest BCUT2D eigenvalue weighted by Crippen LogP contribution is -2.56. The topological polar surface area (TPSA) is 44.8 Å². The molecule has 0 aliphatic carbocycles. The summed E-state index contributed by atoms with van der Waals surface area (Å²) in [4.78, 5) is 17.6. The Morgan fingerprint density at radius 3 is 2.40 bits per heavy atom. The van der Waals surface area contributed by atoms with Crippen LogP contribution in [0.1, 0.15) is 18.4 Å². The number of hydrogen-bond acceptors (Lipinski definition) is 4. The number of piperidine rings is 1. The second-order valence-electron chi connectivity index (χ2n) is 7.16. The lowest BCUT2D eigenvalue weighted by Gasteiger charge is -2.42. The van der Waals surface area contributed by atoms with E-state index in [0.717, 1.165) is 63.7 Å². The van der Waals surface area contributed by atoms with Gasteiger partial charge < -0.3 is 15.0 Å². The normalized spacial score (nSPS) is 21.3. The summed E-state index contributed by atoms with van der Waals surface area (Å²) in [5.74, 6) is 0.280. The summed E-state index contributed by atoms with van der Waals surface area (Å²) in [5.41, 5.74) is 0.927. The van der Waals surface area contributed by atoms with Crippen LogP contribution in [0.15, 0.2) is 24.3 Å². The van der Waals surface area contributed by atoms with E-state index in [0.29, 0.717) is 6.61 Å². The standard InChI is InChI=1S/C19H28ClN3O2/c1-25-15-19(6-8-21-9-7-19)18(24)23-12-10-22(11-13-23)14-16-2-4-17(20)5-3-16/h2-5,21H,6-15H2,1H3. The molecule has 0 unspecified atom stereocenters. The van der Waals surface area contributed by atoms with Gasteiger partial charge in [0.05, 0.1) is 12.0 Å². The van der Waals surface area contributed by atoms with Crippen molar-refractivity contribution in [3.63, 3.8) is 0 Å². The lowest BCUT2D eigenvalue weighted by atomic mass is 9.78. The zero-order chi connectivity index (χ0) is 17.7. The minimum atomic E-state index is -0.335. The fourth-order valence-electron chi connectivity index (χ4n) is 3.89. The van der Waals surface area contributed by atoms with E-state index < -0.39 is 0 Å². The van der Waals surface area contributed by atoms with Crippen molar-refractivity contribution in [1.82, 2.24) is 15.1 Å². The summed E-state index contributed by atoms with van der Waals surface area (Å²) in [7, 11) is 1.70. The van der Waals surface area contributed by atoms with Gasteiger partial charge in [-0.3, -0.25) is 9.69 Å². The molecule has 1 aromatic rings. The van der Waals surface area contributed by atoms with Crippen molar-refractivity contribution in [3.8, 4) is 0 Å². The molecule has 25 heavy (non-hydrogen) atoms. The number of methoxy groups -OCH3 is 1. The Labute approximate surface area is 155 Å². The molecule has 6 heteroatoms. The van der Waals surface area contributed by atoms with E-state index in [1.54, 1.807) is 7.11 Å². The Kier molecular flexibility index (Phi) is 6.34. The number of hydrogen-bond donors (Lipinski definition) is 1. The van der Waals surface area contributed by atoms with Crippen LogP contribution in [0, 0.1) is 5.41 Å². The summed E-state index contributed by atoms with van der Waals surface area (Å²) in [5, 5.41) is 4.12. The fraction of sp³-hybridized carbons (Fsp3) is 0.632. The molecular weight excluding hydrogens is 338 g/mol. The van der Waals surface area contributed by atoms with Gasteiger partial charge in [-0.05, 0) is 43.6 Å². The van der Waals surface area contributed by atoms with Gasteiger partial charge in [-0.15, -0.1) is 0 Å². The highest BCUT2D eigenvalue weighted by Crippen LogP contribution is 2.32. The van der Waals surface area contributed by atoms with Crippen molar-refractivity contribution in [1.29, 1.82) is 0 Å². The minimum absolute atomic E-state index is 0.280. The SMILES string of the molecule is COCC1(C(=O)N2CCN(Cc3ccc(Cl)cc3)CC2)CCNCC1. The molecule has 2 heterocycles. The molecule has 5 nitrogen and oxygen atoms in total. The van der Waals surface area contributed by atoms with Gasteiger partial charge >= 0.3 is 0 Å². The van der Waals surface area contributed by atoms with Crippen LogP contribution in [0.5, 0.6) is 0 Å². The number of halogens is 1. The third kappa shape index (κ3) is 4.53. The van der Waals surface area contributed by atoms with Crippen LogP contribution in [0.2, 0.25) is 5.02 Å². The van der Waals surface area contributed by atoms with Crippen molar-refractivity contribution in [2.24, 2.45) is 5.41 Å². The number of carbonyl (C=O) groups is 1. The summed E-state index contributed by atoms with van der Waals surface area (Å²) in [6.07, 6.45) is 1.73. The molecule has 2 aliphatic rings. The molecule has 0 saturated carbocycles. The second kappa shape index (κ2) is 8.49. The first-order valence-corrected chi connectivity index (χ1v) is 9.47. The van der Waals surface area contributed by atoms with Gasteiger partial charge in [-0.25, -0.2) is 0 Å². The first-order valence-electron chi connectivity index (χ1n) is 9.09. The van der Waals surface area contributed by atoms with E-state index in [-0.39, 0.29) is 11.3 Å². The van der Waals surface area contributed by atoms with Crippen LogP contribution in [-0.2, 0) is 16.1 Å². The number of carbonyl (C=O) groups excluding carboxylic acids is 1. The molecule has 0 bridgehead atoms. The van der Waals surface area contributed by atoms with Crippen molar-refractivity contribution in [2.45, 2.75) is 19.4 Å². The Bertz CT molecular complexity index is 559. The van der Waals surface area contributed by atoms with E-state index in [2.05, 4.69) is 22.3 Å². The second-order valence-corrected chi connectivity index (χ2v) is 7.59. The quantitative estimate of drug-likeness (QED) is 0.866. The van der Waals surface area contributed by atoms with Crippen molar-refractivity contribution < 1.29 is 9.53 Å². The molecule has 138 valence electrons. The molecule has 0 spiro atoms. The van der Waals surface area contributed by atoms with Gasteiger partial charge in [0.15, 0.2) is 0 Å². The smallest absolute Gasteiger partial charge is 0.231 e. The summed E-state index contributed by atoms with van der Waals surface area (Å²) < 4.78 is 5.41. The summed E-state index contributed by atoms with van der Waals surface area (Å²) >= 11 is 5.95. The number of nitrogens with one attached hydrogen (secondary N) is 1. The number of benzene rings is 1. The molecule has 0 radical (unpaired) electrons. The number of nitrogens with zero attached hydrogens (tertiary/aromatic N) is 2. The zero-order valence-electron chi connectivity index (χ0n) is 15.0. The van der Waals surface area contributed by atoms with Crippen molar-refractivity contribution >= 4 is 17.5 Å². The lowest BCUT2D eigenvalue weighted by molar-refractivity contribution is -0.149. The van der Waals surface area contributed by atoms with E-state index >= 15 is 0 Å². The van der Waals surface area contributed by atoms with Crippen molar-refractivity contribution in [3.05, 3.63) is 34.9 Å². The van der Waals surface area contributed by atoms with Crippen LogP contribution >= 0.6 is 11.6 Å². The average Bonchev–Trinajstić information content (AvgIpc) is 2.65. The number of piperazine rings is 1. The summed E-state index contributed by atoms with van der Waals surface area (Å²) in [6.45, 7) is 6.64. The zero-order valence-corrected chi connectivity index (χ0v) is 15.7. The number of rotatable bonds is 5. The largest absolute Gasteiger partial charge is 0.384 e. The average molecular weight is 366 g/mol. The van der Waals surface area contributed by atoms with E-state index in [4.69, 9.17) is 16.3 Å². The van der Waals surface area contributed by atoms with Crippen LogP contribution in [0.3, 0.4) is 0 Å². The van der Waals surface area contributed by atoms with Gasteiger partial charge in [0, 0.05) is 44.9 Å². The minimum Gasteiger partial charge on any atom is -0.384 e. The molecule has 0 aromatic heterocycles. The van der Waals surface area contributed by atoms with Gasteiger partial charge in [0.25, 0.3) is 0 Å². The first-order chi connectivity index (χ1) is 12.1. The van der Waals surface area contributed by atoms with Gasteiger partial charge in [0.2, 0.25) is 5.91 Å². The fourth-order valence-corrected chi connectivity index (χ4v) is 4.02. The molecule has 3 rings (SSSR count). The Morgan fingerprint density at radius 1 is 1.16 bits per heavy atom. The Morgan fingerprint density at radius 2 is 1.80 bits per heavy atom. The highest BCUT2D eigenvalue weighted by atomic mass is 35.5. The maximum atomic E-state index is 13.2. The van der Waals surface area contributed by atoms with E-state index in [1.165, 1.54) is 5.56 Å². The summed E-state index contributed by atoms with van der Waals surface area (Å²) in [6, 6.07) is 8.01. The molecule has 2 aliphatic heterocycles. The molecule has 2 fully saturated rings. The van der Waals surface area contributed by atoms with Gasteiger partial charge in [-0.2, -0.15) is 0 Å². The van der Waals surface area contributed by atoms with Crippen LogP contribution in [-0.4, -0.2) is 68.7 Å². The molecule has 1 amide bonds. The van der Waals surface area contributed by atoms with Gasteiger partial charge in [-0.1, -0.05) is 23.7 Å². The molecule has 1 aromatic carbocycles. The van der Waals surface area contributed by atoms with Crippen LogP contribution in [0.25, 0.3) is 0 Å². The highest BCUT2D eigenvalue weighted by Gasteiger charge is 2.42. The van der Waals surface area contributed by atoms with Crippen LogP contribution < -0.4 is 5.32 Å². The number of ether oxygens (including phenoxy) is 1. The van der Waals surface area contributed by atoms with Crippen LogP contribution in [0.4, 0.5) is 0 Å². The highest BCUT2D eigenvalue weighted by molar-refractivity contribution is 6.30. The predicted octanol–water partition coefficient (Wildman–Crippen LogP) is 2.00. The monoisotopic (exact) mass is 365 g/mol. The number of amides is 1. The maximum Gasteiger partial charge on any atom is 0.231 e. The predicted molar refractivity (Wildman–Crippen MR) is 99.7 cm³/mol. The third-order valence-corrected chi connectivity index (χ3v) is 5.67. The molecule has 1 N–H and O–H groups in total. The van der Waals surface area contributed by atoms with Gasteiger partial charge in [0.1, 0.15) is 0 Å². The third-order valence-electron chi connectivity index (χ3n) is 5.41. The molecule has 0 atom stereocenters. The maximum absolute atomic E-state index is 13.2. The van der Waals surface area contributed by atoms with E-state index in [9.17, 15) is 4.79 Å². The Hall–Kier alpha value is -1.14. The Balaban J connectivity index is 1.55. The first kappa shape index (κ1) is 18.6. The van der Waals surface area contributed by atoms with E-state index in [1.807, 2.05) is 17.0 Å². The van der Waals surface area contributed by atoms with Crippen molar-refractivity contribution in [2.75, 3.05) is 53.0 Å². The molecule has 2 saturated heterocycles. The molecular formula is C19H28ClN3O2.